The van der Waals surface area contributed by atoms with E-state index in [0.29, 0.717) is 27.7 Å². The van der Waals surface area contributed by atoms with Crippen molar-refractivity contribution in [2.75, 3.05) is 5.73 Å². The zero-order valence-corrected chi connectivity index (χ0v) is 21.7. The van der Waals surface area contributed by atoms with Gasteiger partial charge in [-0.1, -0.05) is 48.0 Å². The lowest BCUT2D eigenvalue weighted by atomic mass is 9.90. The molecule has 6 rings (SSSR count). The molecule has 7 nitrogen and oxygen atoms in total. The van der Waals surface area contributed by atoms with Crippen molar-refractivity contribution in [3.05, 3.63) is 106 Å². The molecule has 1 aromatic carbocycles. The minimum absolute atomic E-state index is 0.146. The molecule has 0 spiro atoms. The average molecular weight is 523 g/mol. The zero-order chi connectivity index (χ0) is 26.2. The van der Waals surface area contributed by atoms with Crippen molar-refractivity contribution in [2.24, 2.45) is 0 Å². The number of benzene rings is 1. The third kappa shape index (κ3) is 4.50. The first-order valence-electron chi connectivity index (χ1n) is 12.7. The van der Waals surface area contributed by atoms with E-state index in [4.69, 9.17) is 27.3 Å². The number of hydrogen-bond donors (Lipinski definition) is 2. The summed E-state index contributed by atoms with van der Waals surface area (Å²) in [5.74, 6) is 0.308. The molecule has 0 aliphatic heterocycles. The molecule has 0 radical (unpaired) electrons. The first-order valence-corrected chi connectivity index (χ1v) is 13.1. The predicted molar refractivity (Wildman–Crippen MR) is 150 cm³/mol. The van der Waals surface area contributed by atoms with Crippen LogP contribution >= 0.6 is 11.6 Å². The summed E-state index contributed by atoms with van der Waals surface area (Å²) >= 11 is 6.71. The molecule has 4 heterocycles. The Bertz CT molecular complexity index is 1610. The number of aromatic nitrogens is 4. The van der Waals surface area contributed by atoms with Crippen LogP contribution in [0, 0.1) is 6.92 Å². The number of halogens is 1. The lowest BCUT2D eigenvalue weighted by Gasteiger charge is -2.34. The minimum atomic E-state index is -0.187. The van der Waals surface area contributed by atoms with Crippen molar-refractivity contribution in [3.63, 3.8) is 0 Å². The van der Waals surface area contributed by atoms with E-state index in [-0.39, 0.29) is 18.5 Å². The highest BCUT2D eigenvalue weighted by Gasteiger charge is 2.32. The number of fused-ring (bicyclic) bond motifs is 2. The number of H-pyrrole nitrogens is 1. The van der Waals surface area contributed by atoms with E-state index in [2.05, 4.69) is 16.0 Å². The molecule has 0 saturated heterocycles. The van der Waals surface area contributed by atoms with Crippen molar-refractivity contribution in [1.29, 1.82) is 0 Å². The number of anilines is 1. The number of rotatable bonds is 5. The van der Waals surface area contributed by atoms with Crippen LogP contribution in [0.15, 0.2) is 73.1 Å². The maximum absolute atomic E-state index is 14.1. The standard InChI is InChI=1S/C30H27ClN6O/c1-18-13-24-25(36-29(18)32)15-26(35-24)30(38)37(27-11-5-9-20-10-6-12-33-28(20)27)17-21-14-23(31)22(16-34-21)19-7-3-2-4-8-19/h2-4,6-8,10,12-16,27,35H,5,9,11,17H2,1H3,(H2,32,36)/t27-/m1/s1. The number of nitrogens with one attached hydrogen (secondary N) is 1. The monoisotopic (exact) mass is 522 g/mol. The molecule has 0 fully saturated rings. The highest BCUT2D eigenvalue weighted by Crippen LogP contribution is 2.36. The number of aryl methyl sites for hydroxylation is 2. The van der Waals surface area contributed by atoms with Crippen LogP contribution in [-0.2, 0) is 13.0 Å². The molecule has 0 bridgehead atoms. The van der Waals surface area contributed by atoms with Crippen molar-refractivity contribution in [1.82, 2.24) is 24.8 Å². The smallest absolute Gasteiger partial charge is 0.271 e. The van der Waals surface area contributed by atoms with Gasteiger partial charge >= 0.3 is 0 Å². The summed E-state index contributed by atoms with van der Waals surface area (Å²) in [6.45, 7) is 2.19. The molecule has 0 unspecified atom stereocenters. The van der Waals surface area contributed by atoms with E-state index < -0.39 is 0 Å². The van der Waals surface area contributed by atoms with E-state index in [0.717, 1.165) is 47.2 Å². The molecule has 0 saturated carbocycles. The Morgan fingerprint density at radius 1 is 1.13 bits per heavy atom. The Morgan fingerprint density at radius 2 is 1.97 bits per heavy atom. The Morgan fingerprint density at radius 3 is 2.79 bits per heavy atom. The van der Waals surface area contributed by atoms with Crippen LogP contribution in [0.4, 0.5) is 5.82 Å². The number of hydrogen-bond acceptors (Lipinski definition) is 5. The molecule has 1 aliphatic rings. The number of carbonyl (C=O) groups is 1. The SMILES string of the molecule is Cc1cc2[nH]c(C(=O)N(Cc3cc(Cl)c(-c4ccccc4)cn3)[C@@H]3CCCc4cccnc43)cc2nc1N. The van der Waals surface area contributed by atoms with Gasteiger partial charge in [-0.15, -0.1) is 0 Å². The lowest BCUT2D eigenvalue weighted by molar-refractivity contribution is 0.0624. The van der Waals surface area contributed by atoms with E-state index >= 15 is 0 Å². The second-order valence-corrected chi connectivity index (χ2v) is 10.1. The summed E-state index contributed by atoms with van der Waals surface area (Å²) in [5.41, 5.74) is 13.4. The fraction of sp³-hybridized carbons (Fsp3) is 0.200. The molecular weight excluding hydrogens is 496 g/mol. The Labute approximate surface area is 225 Å². The van der Waals surface area contributed by atoms with E-state index in [9.17, 15) is 4.79 Å². The Hall–Kier alpha value is -4.23. The molecule has 1 amide bonds. The van der Waals surface area contributed by atoms with Crippen LogP contribution in [0.5, 0.6) is 0 Å². The normalized spacial score (nSPS) is 14.8. The summed E-state index contributed by atoms with van der Waals surface area (Å²) < 4.78 is 0. The van der Waals surface area contributed by atoms with Crippen LogP contribution in [0.2, 0.25) is 5.02 Å². The molecule has 1 atom stereocenters. The van der Waals surface area contributed by atoms with E-state index in [1.54, 1.807) is 18.5 Å². The number of amides is 1. The molecule has 5 aromatic rings. The number of pyridine rings is 3. The zero-order valence-electron chi connectivity index (χ0n) is 21.0. The molecule has 190 valence electrons. The van der Waals surface area contributed by atoms with Crippen molar-refractivity contribution in [3.8, 4) is 11.1 Å². The van der Waals surface area contributed by atoms with E-state index in [1.165, 1.54) is 5.56 Å². The predicted octanol–water partition coefficient (Wildman–Crippen LogP) is 6.28. The van der Waals surface area contributed by atoms with Crippen molar-refractivity contribution >= 4 is 34.4 Å². The van der Waals surface area contributed by atoms with Gasteiger partial charge < -0.3 is 15.6 Å². The topological polar surface area (TPSA) is 101 Å². The maximum Gasteiger partial charge on any atom is 0.271 e. The van der Waals surface area contributed by atoms with Crippen LogP contribution in [0.25, 0.3) is 22.2 Å². The minimum Gasteiger partial charge on any atom is -0.383 e. The summed E-state index contributed by atoms with van der Waals surface area (Å²) in [6.07, 6.45) is 6.31. The number of nitrogens with two attached hydrogens (primary N) is 1. The quantitative estimate of drug-likeness (QED) is 0.283. The van der Waals surface area contributed by atoms with Gasteiger partial charge in [0, 0.05) is 18.0 Å². The van der Waals surface area contributed by atoms with Gasteiger partial charge in [-0.3, -0.25) is 14.8 Å². The Balaban J connectivity index is 1.39. The number of aromatic amines is 1. The summed E-state index contributed by atoms with van der Waals surface area (Å²) in [5, 5.41) is 0.594. The van der Waals surface area contributed by atoms with Gasteiger partial charge in [-0.2, -0.15) is 0 Å². The summed E-state index contributed by atoms with van der Waals surface area (Å²) in [4.78, 5) is 33.1. The van der Waals surface area contributed by atoms with Gasteiger partial charge in [0.05, 0.1) is 40.0 Å². The fourth-order valence-corrected chi connectivity index (χ4v) is 5.50. The van der Waals surface area contributed by atoms with Gasteiger partial charge in [-0.05, 0) is 67.1 Å². The van der Waals surface area contributed by atoms with Gasteiger partial charge in [0.15, 0.2) is 0 Å². The molecular formula is C30H27ClN6O. The Kier molecular flexibility index (Phi) is 6.29. The third-order valence-electron chi connectivity index (χ3n) is 7.19. The van der Waals surface area contributed by atoms with Gasteiger partial charge in [0.25, 0.3) is 5.91 Å². The van der Waals surface area contributed by atoms with Gasteiger partial charge in [0.2, 0.25) is 0 Å². The highest BCUT2D eigenvalue weighted by molar-refractivity contribution is 6.33. The second kappa shape index (κ2) is 9.91. The largest absolute Gasteiger partial charge is 0.383 e. The molecule has 1 aliphatic carbocycles. The number of carbonyl (C=O) groups excluding carboxylic acids is 1. The second-order valence-electron chi connectivity index (χ2n) is 9.72. The maximum atomic E-state index is 14.1. The van der Waals surface area contributed by atoms with Crippen LogP contribution in [0.1, 0.15) is 51.9 Å². The van der Waals surface area contributed by atoms with E-state index in [1.807, 2.05) is 60.4 Å². The fourth-order valence-electron chi connectivity index (χ4n) is 5.21. The highest BCUT2D eigenvalue weighted by atomic mass is 35.5. The lowest BCUT2D eigenvalue weighted by Crippen LogP contribution is -2.37. The van der Waals surface area contributed by atoms with Crippen molar-refractivity contribution in [2.45, 2.75) is 38.8 Å². The summed E-state index contributed by atoms with van der Waals surface area (Å²) in [6, 6.07) is 19.3. The van der Waals surface area contributed by atoms with Crippen molar-refractivity contribution < 1.29 is 4.79 Å². The summed E-state index contributed by atoms with van der Waals surface area (Å²) in [7, 11) is 0. The number of nitrogens with zero attached hydrogens (tertiary/aromatic N) is 4. The van der Waals surface area contributed by atoms with Gasteiger partial charge in [-0.25, -0.2) is 4.98 Å². The number of nitrogen functional groups attached to an aromatic ring is 1. The van der Waals surface area contributed by atoms with Crippen LogP contribution in [-0.4, -0.2) is 30.7 Å². The first-order chi connectivity index (χ1) is 18.5. The van der Waals surface area contributed by atoms with Crippen LogP contribution < -0.4 is 5.73 Å². The average Bonchev–Trinajstić information content (AvgIpc) is 3.34. The molecule has 4 aromatic heterocycles. The molecule has 3 N–H and O–H groups in total. The van der Waals surface area contributed by atoms with Gasteiger partial charge in [0.1, 0.15) is 11.5 Å². The molecule has 8 heteroatoms. The molecule has 38 heavy (non-hydrogen) atoms. The van der Waals surface area contributed by atoms with Crippen LogP contribution in [0.3, 0.4) is 0 Å². The first kappa shape index (κ1) is 24.1. The third-order valence-corrected chi connectivity index (χ3v) is 7.50.